The van der Waals surface area contributed by atoms with Crippen LogP contribution < -0.4 is 4.74 Å². The molecule has 1 aromatic heterocycles. The Morgan fingerprint density at radius 3 is 2.45 bits per heavy atom. The zero-order valence-corrected chi connectivity index (χ0v) is 16.8. The van der Waals surface area contributed by atoms with Crippen LogP contribution in [-0.2, 0) is 0 Å². The molecule has 0 unspecified atom stereocenters. The van der Waals surface area contributed by atoms with Crippen LogP contribution >= 0.6 is 11.8 Å². The average Bonchev–Trinajstić information content (AvgIpc) is 3.17. The molecule has 0 saturated heterocycles. The van der Waals surface area contributed by atoms with Crippen molar-refractivity contribution in [1.82, 2.24) is 9.97 Å². The van der Waals surface area contributed by atoms with Crippen LogP contribution in [0.1, 0.15) is 22.8 Å². The number of ketones is 1. The molecule has 1 N–H and O–H groups in total. The second-order valence-corrected chi connectivity index (χ2v) is 7.40. The molecule has 0 radical (unpaired) electrons. The van der Waals surface area contributed by atoms with Gasteiger partial charge in [0.05, 0.1) is 22.5 Å². The summed E-state index contributed by atoms with van der Waals surface area (Å²) in [7, 11) is 0. The third-order valence-corrected chi connectivity index (χ3v) is 5.23. The van der Waals surface area contributed by atoms with E-state index in [0.717, 1.165) is 22.3 Å². The maximum absolute atomic E-state index is 13.2. The van der Waals surface area contributed by atoms with Gasteiger partial charge in [0.25, 0.3) is 0 Å². The average molecular weight is 401 g/mol. The van der Waals surface area contributed by atoms with Gasteiger partial charge in [0.2, 0.25) is 0 Å². The van der Waals surface area contributed by atoms with Crippen molar-refractivity contribution in [3.63, 3.8) is 0 Å². The number of Topliss-reactive ketones (excluding diaryl/α,β-unsaturated/α-hetero) is 1. The summed E-state index contributed by atoms with van der Waals surface area (Å²) < 4.78 is 5.50. The Morgan fingerprint density at radius 2 is 1.72 bits per heavy atom. The van der Waals surface area contributed by atoms with E-state index in [2.05, 4.69) is 9.97 Å². The number of nitrogens with one attached hydrogen (secondary N) is 1. The molecule has 0 spiro atoms. The molecule has 0 aliphatic rings. The van der Waals surface area contributed by atoms with Gasteiger partial charge in [0.15, 0.2) is 10.9 Å². The SMILES string of the molecule is CCOc1ccc(/C=C(/Sc2nc3ccccc3[nH]2)C(=O)c2ccccc2)cc1. The molecule has 0 aliphatic heterocycles. The maximum atomic E-state index is 13.2. The Labute approximate surface area is 173 Å². The number of aromatic nitrogens is 2. The number of carbonyl (C=O) groups is 1. The van der Waals surface area contributed by atoms with Gasteiger partial charge >= 0.3 is 0 Å². The lowest BCUT2D eigenvalue weighted by Gasteiger charge is -2.07. The highest BCUT2D eigenvalue weighted by atomic mass is 32.2. The van der Waals surface area contributed by atoms with Crippen molar-refractivity contribution < 1.29 is 9.53 Å². The van der Waals surface area contributed by atoms with Crippen LogP contribution in [0, 0.1) is 0 Å². The van der Waals surface area contributed by atoms with Gasteiger partial charge in [-0.2, -0.15) is 0 Å². The van der Waals surface area contributed by atoms with E-state index in [1.54, 1.807) is 0 Å². The first-order chi connectivity index (χ1) is 14.2. The number of allylic oxidation sites excluding steroid dienone is 1. The Morgan fingerprint density at radius 1 is 1.00 bits per heavy atom. The summed E-state index contributed by atoms with van der Waals surface area (Å²) >= 11 is 1.34. The Balaban J connectivity index is 1.69. The molecule has 4 nitrogen and oxygen atoms in total. The number of fused-ring (bicyclic) bond motifs is 1. The number of carbonyl (C=O) groups excluding carboxylic acids is 1. The summed E-state index contributed by atoms with van der Waals surface area (Å²) in [4.78, 5) is 21.7. The molecule has 4 aromatic rings. The minimum absolute atomic E-state index is 0.0371. The first-order valence-corrected chi connectivity index (χ1v) is 10.2. The predicted molar refractivity (Wildman–Crippen MR) is 118 cm³/mol. The normalized spacial score (nSPS) is 11.6. The second-order valence-electron chi connectivity index (χ2n) is 6.37. The van der Waals surface area contributed by atoms with E-state index in [-0.39, 0.29) is 5.78 Å². The van der Waals surface area contributed by atoms with Crippen molar-refractivity contribution >= 4 is 34.7 Å². The van der Waals surface area contributed by atoms with E-state index in [1.165, 1.54) is 11.8 Å². The number of ether oxygens (including phenoxy) is 1. The maximum Gasteiger partial charge on any atom is 0.199 e. The van der Waals surface area contributed by atoms with Gasteiger partial charge in [-0.25, -0.2) is 4.98 Å². The molecule has 0 saturated carbocycles. The number of para-hydroxylation sites is 2. The van der Waals surface area contributed by atoms with Crippen molar-refractivity contribution in [2.75, 3.05) is 6.61 Å². The molecule has 0 bridgehead atoms. The van der Waals surface area contributed by atoms with Crippen LogP contribution in [0.4, 0.5) is 0 Å². The molecule has 0 aliphatic carbocycles. The van der Waals surface area contributed by atoms with Gasteiger partial charge in [-0.15, -0.1) is 0 Å². The fourth-order valence-corrected chi connectivity index (χ4v) is 3.85. The van der Waals surface area contributed by atoms with E-state index >= 15 is 0 Å². The molecule has 29 heavy (non-hydrogen) atoms. The Kier molecular flexibility index (Phi) is 5.77. The lowest BCUT2D eigenvalue weighted by atomic mass is 10.1. The van der Waals surface area contributed by atoms with Crippen molar-refractivity contribution in [2.45, 2.75) is 12.1 Å². The zero-order valence-electron chi connectivity index (χ0n) is 16.0. The van der Waals surface area contributed by atoms with Crippen molar-refractivity contribution in [3.05, 3.63) is 94.9 Å². The lowest BCUT2D eigenvalue weighted by Crippen LogP contribution is -2.01. The number of imidazole rings is 1. The van der Waals surface area contributed by atoms with E-state index in [0.29, 0.717) is 22.2 Å². The zero-order chi connectivity index (χ0) is 20.1. The highest BCUT2D eigenvalue weighted by Crippen LogP contribution is 2.31. The third kappa shape index (κ3) is 4.58. The number of benzene rings is 3. The molecular weight excluding hydrogens is 380 g/mol. The van der Waals surface area contributed by atoms with Crippen LogP contribution in [0.5, 0.6) is 5.75 Å². The largest absolute Gasteiger partial charge is 0.494 e. The number of aromatic amines is 1. The number of hydrogen-bond donors (Lipinski definition) is 1. The van der Waals surface area contributed by atoms with Crippen molar-refractivity contribution in [2.24, 2.45) is 0 Å². The Hall–Kier alpha value is -3.31. The summed E-state index contributed by atoms with van der Waals surface area (Å²) in [6.45, 7) is 2.57. The number of H-pyrrole nitrogens is 1. The van der Waals surface area contributed by atoms with Gasteiger partial charge in [-0.05, 0) is 54.6 Å². The predicted octanol–water partition coefficient (Wildman–Crippen LogP) is 5.98. The first-order valence-electron chi connectivity index (χ1n) is 9.40. The molecule has 0 fully saturated rings. The summed E-state index contributed by atoms with van der Waals surface area (Å²) in [6.07, 6.45) is 1.89. The molecule has 5 heteroatoms. The van der Waals surface area contributed by atoms with Crippen molar-refractivity contribution in [1.29, 1.82) is 0 Å². The fourth-order valence-electron chi connectivity index (χ4n) is 2.93. The van der Waals surface area contributed by atoms with Crippen LogP contribution in [0.3, 0.4) is 0 Å². The molecule has 144 valence electrons. The van der Waals surface area contributed by atoms with E-state index in [9.17, 15) is 4.79 Å². The summed E-state index contributed by atoms with van der Waals surface area (Å²) in [5.41, 5.74) is 3.40. The van der Waals surface area contributed by atoms with E-state index < -0.39 is 0 Å². The number of thioether (sulfide) groups is 1. The van der Waals surface area contributed by atoms with Crippen LogP contribution in [0.25, 0.3) is 17.1 Å². The summed E-state index contributed by atoms with van der Waals surface area (Å²) in [5, 5.41) is 0.688. The molecule has 1 heterocycles. The molecule has 0 amide bonds. The second kappa shape index (κ2) is 8.80. The van der Waals surface area contributed by atoms with Crippen molar-refractivity contribution in [3.8, 4) is 5.75 Å². The highest BCUT2D eigenvalue weighted by molar-refractivity contribution is 8.04. The molecule has 0 atom stereocenters. The van der Waals surface area contributed by atoms with Gasteiger partial charge in [0, 0.05) is 5.56 Å². The van der Waals surface area contributed by atoms with Gasteiger partial charge in [-0.3, -0.25) is 4.79 Å². The van der Waals surface area contributed by atoms with E-state index in [1.807, 2.05) is 91.9 Å². The number of nitrogens with zero attached hydrogens (tertiary/aromatic N) is 1. The Bertz CT molecular complexity index is 1120. The van der Waals surface area contributed by atoms with Gasteiger partial charge in [0.1, 0.15) is 5.75 Å². The minimum Gasteiger partial charge on any atom is -0.494 e. The number of rotatable bonds is 7. The molecule has 4 rings (SSSR count). The first kappa shape index (κ1) is 19.0. The topological polar surface area (TPSA) is 55.0 Å². The lowest BCUT2D eigenvalue weighted by molar-refractivity contribution is 0.104. The smallest absolute Gasteiger partial charge is 0.199 e. The van der Waals surface area contributed by atoms with Gasteiger partial charge in [-0.1, -0.05) is 54.6 Å². The molecular formula is C24H20N2O2S. The van der Waals surface area contributed by atoms with Gasteiger partial charge < -0.3 is 9.72 Å². The summed E-state index contributed by atoms with van der Waals surface area (Å²) in [5.74, 6) is 0.774. The van der Waals surface area contributed by atoms with Crippen LogP contribution in [0.15, 0.2) is 88.9 Å². The fraction of sp³-hybridized carbons (Fsp3) is 0.0833. The highest BCUT2D eigenvalue weighted by Gasteiger charge is 2.16. The monoisotopic (exact) mass is 400 g/mol. The third-order valence-electron chi connectivity index (χ3n) is 4.32. The standard InChI is InChI=1S/C24H20N2O2S/c1-2-28-19-14-12-17(13-15-19)16-22(23(27)18-8-4-3-5-9-18)29-24-25-20-10-6-7-11-21(20)26-24/h3-16H,2H2,1H3,(H,25,26)/b22-16+. The van der Waals surface area contributed by atoms with Crippen LogP contribution in [-0.4, -0.2) is 22.4 Å². The minimum atomic E-state index is -0.0371. The van der Waals surface area contributed by atoms with Crippen LogP contribution in [0.2, 0.25) is 0 Å². The van der Waals surface area contributed by atoms with E-state index in [4.69, 9.17) is 4.74 Å². The summed E-state index contributed by atoms with van der Waals surface area (Å²) in [6, 6.07) is 24.8. The quantitative estimate of drug-likeness (QED) is 0.236. The molecule has 3 aromatic carbocycles. The number of hydrogen-bond acceptors (Lipinski definition) is 4.